The Kier molecular flexibility index (Phi) is 4.86. The van der Waals surface area contributed by atoms with Crippen LogP contribution in [-0.2, 0) is 9.53 Å². The number of carboxylic acid groups (broad SMARTS) is 1. The second kappa shape index (κ2) is 6.43. The van der Waals surface area contributed by atoms with Gasteiger partial charge in [-0.25, -0.2) is 4.79 Å². The van der Waals surface area contributed by atoms with Gasteiger partial charge in [0.1, 0.15) is 0 Å². The monoisotopic (exact) mass is 284 g/mol. The summed E-state index contributed by atoms with van der Waals surface area (Å²) >= 11 is 0. The molecule has 1 aliphatic carbocycles. The maximum atomic E-state index is 11.8. The van der Waals surface area contributed by atoms with Gasteiger partial charge in [0.05, 0.1) is 5.41 Å². The molecule has 2 rings (SSSR count). The number of nitrogens with one attached hydrogen (secondary N) is 2. The van der Waals surface area contributed by atoms with Crippen molar-refractivity contribution >= 4 is 12.0 Å². The average molecular weight is 284 g/mol. The third kappa shape index (κ3) is 3.42. The van der Waals surface area contributed by atoms with Crippen molar-refractivity contribution in [3.8, 4) is 0 Å². The van der Waals surface area contributed by atoms with Crippen LogP contribution in [0.1, 0.15) is 39.0 Å². The first-order chi connectivity index (χ1) is 9.52. The molecule has 6 nitrogen and oxygen atoms in total. The zero-order valence-corrected chi connectivity index (χ0v) is 12.0. The second-order valence-electron chi connectivity index (χ2n) is 6.09. The van der Waals surface area contributed by atoms with Crippen molar-refractivity contribution in [1.29, 1.82) is 0 Å². The number of carbonyl (C=O) groups excluding carboxylic acids is 1. The molecule has 2 fully saturated rings. The van der Waals surface area contributed by atoms with Gasteiger partial charge in [-0.15, -0.1) is 0 Å². The molecule has 0 aromatic rings. The third-order valence-electron chi connectivity index (χ3n) is 4.61. The number of carboxylic acids is 1. The Bertz CT molecular complexity index is 368. The first-order valence-corrected chi connectivity index (χ1v) is 7.38. The number of ether oxygens (including phenoxy) is 1. The number of rotatable bonds is 5. The molecule has 0 bridgehead atoms. The van der Waals surface area contributed by atoms with Crippen molar-refractivity contribution < 1.29 is 19.4 Å². The molecule has 1 saturated carbocycles. The second-order valence-corrected chi connectivity index (χ2v) is 6.09. The van der Waals surface area contributed by atoms with E-state index in [4.69, 9.17) is 4.74 Å². The van der Waals surface area contributed by atoms with E-state index in [-0.39, 0.29) is 12.1 Å². The Morgan fingerprint density at radius 2 is 2.20 bits per heavy atom. The van der Waals surface area contributed by atoms with Gasteiger partial charge in [-0.05, 0) is 38.5 Å². The summed E-state index contributed by atoms with van der Waals surface area (Å²) in [7, 11) is 0. The minimum absolute atomic E-state index is 0.261. The van der Waals surface area contributed by atoms with Crippen LogP contribution < -0.4 is 10.6 Å². The molecule has 1 heterocycles. The number of urea groups is 1. The number of hydrogen-bond acceptors (Lipinski definition) is 3. The maximum Gasteiger partial charge on any atom is 0.315 e. The number of amides is 2. The van der Waals surface area contributed by atoms with Gasteiger partial charge in [-0.3, -0.25) is 4.79 Å². The molecule has 0 aromatic heterocycles. The van der Waals surface area contributed by atoms with Gasteiger partial charge in [-0.1, -0.05) is 6.42 Å². The molecule has 0 radical (unpaired) electrons. The summed E-state index contributed by atoms with van der Waals surface area (Å²) in [5.74, 6) is -0.297. The van der Waals surface area contributed by atoms with Crippen LogP contribution in [0.5, 0.6) is 0 Å². The number of aliphatic carboxylic acids is 1. The molecule has 3 atom stereocenters. The smallest absolute Gasteiger partial charge is 0.315 e. The van der Waals surface area contributed by atoms with Crippen LogP contribution in [0.2, 0.25) is 0 Å². The highest BCUT2D eigenvalue weighted by Crippen LogP contribution is 2.38. The molecule has 114 valence electrons. The van der Waals surface area contributed by atoms with Crippen LogP contribution in [-0.4, -0.2) is 42.9 Å². The summed E-state index contributed by atoms with van der Waals surface area (Å²) in [6.45, 7) is 3.92. The summed E-state index contributed by atoms with van der Waals surface area (Å²) in [5.41, 5.74) is -0.837. The Labute approximate surface area is 119 Å². The van der Waals surface area contributed by atoms with E-state index in [1.807, 2.05) is 0 Å². The maximum absolute atomic E-state index is 11.8. The highest BCUT2D eigenvalue weighted by Gasteiger charge is 2.45. The van der Waals surface area contributed by atoms with Crippen LogP contribution in [0.4, 0.5) is 4.79 Å². The quantitative estimate of drug-likeness (QED) is 0.711. The third-order valence-corrected chi connectivity index (χ3v) is 4.61. The number of carbonyl (C=O) groups is 2. The minimum Gasteiger partial charge on any atom is -0.481 e. The lowest BCUT2D eigenvalue weighted by atomic mass is 9.85. The molecule has 2 aliphatic rings. The zero-order chi connectivity index (χ0) is 14.6. The van der Waals surface area contributed by atoms with Gasteiger partial charge in [0, 0.05) is 25.8 Å². The van der Waals surface area contributed by atoms with Gasteiger partial charge < -0.3 is 20.5 Å². The summed E-state index contributed by atoms with van der Waals surface area (Å²) in [6, 6.07) is -0.543. The van der Waals surface area contributed by atoms with Gasteiger partial charge in [0.25, 0.3) is 0 Å². The molecule has 1 aliphatic heterocycles. The van der Waals surface area contributed by atoms with E-state index in [9.17, 15) is 14.7 Å². The van der Waals surface area contributed by atoms with Gasteiger partial charge in [0.15, 0.2) is 0 Å². The van der Waals surface area contributed by atoms with Crippen molar-refractivity contribution in [2.24, 2.45) is 11.3 Å². The van der Waals surface area contributed by atoms with Crippen molar-refractivity contribution in [2.75, 3.05) is 19.8 Å². The molecule has 3 N–H and O–H groups in total. The minimum atomic E-state index is -0.837. The average Bonchev–Trinajstić information content (AvgIpc) is 3.01. The topological polar surface area (TPSA) is 87.7 Å². The van der Waals surface area contributed by atoms with E-state index < -0.39 is 11.4 Å². The van der Waals surface area contributed by atoms with E-state index in [1.54, 1.807) is 6.92 Å². The van der Waals surface area contributed by atoms with Gasteiger partial charge in [0.2, 0.25) is 0 Å². The Hall–Kier alpha value is -1.30. The summed E-state index contributed by atoms with van der Waals surface area (Å²) in [6.07, 6.45) is 4.16. The van der Waals surface area contributed by atoms with Crippen LogP contribution in [0.15, 0.2) is 0 Å². The first kappa shape index (κ1) is 15.1. The molecule has 6 heteroatoms. The summed E-state index contributed by atoms with van der Waals surface area (Å²) in [5, 5.41) is 14.9. The molecule has 3 unspecified atom stereocenters. The van der Waals surface area contributed by atoms with E-state index >= 15 is 0 Å². The Morgan fingerprint density at radius 1 is 1.40 bits per heavy atom. The van der Waals surface area contributed by atoms with Crippen molar-refractivity contribution in [1.82, 2.24) is 10.6 Å². The molecular formula is C14H24N2O4. The highest BCUT2D eigenvalue weighted by atomic mass is 16.5. The summed E-state index contributed by atoms with van der Waals surface area (Å²) < 4.78 is 5.28. The highest BCUT2D eigenvalue weighted by molar-refractivity contribution is 5.79. The van der Waals surface area contributed by atoms with Crippen LogP contribution in [0.25, 0.3) is 0 Å². The standard InChI is InChI=1S/C14H24N2O4/c1-14(12(17)18)6-2-3-11(14)16-13(19)15-7-4-10-5-8-20-9-10/h10-11H,2-9H2,1H3,(H,17,18)(H2,15,16,19). The van der Waals surface area contributed by atoms with Crippen molar-refractivity contribution in [3.63, 3.8) is 0 Å². The normalized spacial score (nSPS) is 33.0. The van der Waals surface area contributed by atoms with E-state index in [1.165, 1.54) is 0 Å². The van der Waals surface area contributed by atoms with E-state index in [2.05, 4.69) is 10.6 Å². The zero-order valence-electron chi connectivity index (χ0n) is 12.0. The molecule has 1 saturated heterocycles. The van der Waals surface area contributed by atoms with Crippen LogP contribution in [0, 0.1) is 11.3 Å². The molecule has 0 spiro atoms. The van der Waals surface area contributed by atoms with Crippen molar-refractivity contribution in [2.45, 2.75) is 45.1 Å². The SMILES string of the molecule is CC1(C(=O)O)CCCC1NC(=O)NCCC1CCOC1. The largest absolute Gasteiger partial charge is 0.481 e. The summed E-state index contributed by atoms with van der Waals surface area (Å²) in [4.78, 5) is 23.2. The van der Waals surface area contributed by atoms with Gasteiger partial charge in [-0.2, -0.15) is 0 Å². The molecule has 20 heavy (non-hydrogen) atoms. The Morgan fingerprint density at radius 3 is 2.85 bits per heavy atom. The lowest BCUT2D eigenvalue weighted by Gasteiger charge is -2.27. The van der Waals surface area contributed by atoms with E-state index in [0.717, 1.165) is 38.9 Å². The van der Waals surface area contributed by atoms with Crippen LogP contribution >= 0.6 is 0 Å². The fraction of sp³-hybridized carbons (Fsp3) is 0.857. The predicted molar refractivity (Wildman–Crippen MR) is 73.5 cm³/mol. The van der Waals surface area contributed by atoms with Crippen LogP contribution in [0.3, 0.4) is 0 Å². The number of hydrogen-bond donors (Lipinski definition) is 3. The molecular weight excluding hydrogens is 260 g/mol. The molecule has 0 aromatic carbocycles. The fourth-order valence-electron chi connectivity index (χ4n) is 3.06. The van der Waals surface area contributed by atoms with Gasteiger partial charge >= 0.3 is 12.0 Å². The fourth-order valence-corrected chi connectivity index (χ4v) is 3.06. The predicted octanol–water partition coefficient (Wildman–Crippen LogP) is 1.36. The Balaban J connectivity index is 1.72. The first-order valence-electron chi connectivity index (χ1n) is 7.38. The lowest BCUT2D eigenvalue weighted by molar-refractivity contribution is -0.148. The van der Waals surface area contributed by atoms with Crippen molar-refractivity contribution in [3.05, 3.63) is 0 Å². The van der Waals surface area contributed by atoms with E-state index in [0.29, 0.717) is 18.9 Å². The molecule has 2 amide bonds. The lowest BCUT2D eigenvalue weighted by Crippen LogP contribution is -2.50.